The summed E-state index contributed by atoms with van der Waals surface area (Å²) in [6.45, 7) is 5.24. The summed E-state index contributed by atoms with van der Waals surface area (Å²) < 4.78 is 39.5. The molecule has 142 valence electrons. The Balaban J connectivity index is 2.39. The first-order valence-corrected chi connectivity index (χ1v) is 8.34. The molecule has 1 heterocycles. The lowest BCUT2D eigenvalue weighted by atomic mass is 10.1. The van der Waals surface area contributed by atoms with Gasteiger partial charge in [0.25, 0.3) is 0 Å². The van der Waals surface area contributed by atoms with Crippen LogP contribution in [-0.2, 0) is 6.18 Å². The van der Waals surface area contributed by atoms with E-state index in [1.54, 1.807) is 18.2 Å². The molecule has 3 N–H and O–H groups in total. The Morgan fingerprint density at radius 2 is 1.88 bits per heavy atom. The van der Waals surface area contributed by atoms with Crippen molar-refractivity contribution in [2.75, 3.05) is 17.2 Å². The molecule has 0 radical (unpaired) electrons. The molecule has 0 aliphatic carbocycles. The number of halogens is 4. The van der Waals surface area contributed by atoms with Crippen molar-refractivity contribution in [3.63, 3.8) is 0 Å². The van der Waals surface area contributed by atoms with E-state index >= 15 is 0 Å². The molecule has 1 aromatic heterocycles. The summed E-state index contributed by atoms with van der Waals surface area (Å²) >= 11 is 6.12. The summed E-state index contributed by atoms with van der Waals surface area (Å²) in [5.74, 6) is -0.305. The monoisotopic (exact) mass is 388 g/mol. The molecular weight excluding hydrogens is 369 g/mol. The van der Waals surface area contributed by atoms with E-state index in [0.29, 0.717) is 10.7 Å². The molecule has 2 aromatic rings. The molecule has 0 fully saturated rings. The van der Waals surface area contributed by atoms with Crippen LogP contribution in [0, 0.1) is 12.8 Å². The Hall–Kier alpha value is -2.06. The molecule has 0 spiro atoms. The minimum atomic E-state index is -4.64. The maximum absolute atomic E-state index is 13.2. The molecule has 0 bridgehead atoms. The van der Waals surface area contributed by atoms with Crippen LogP contribution in [0.2, 0.25) is 5.02 Å². The summed E-state index contributed by atoms with van der Waals surface area (Å²) in [5, 5.41) is 15.3. The van der Waals surface area contributed by atoms with Crippen LogP contribution in [0.3, 0.4) is 0 Å². The number of aromatic nitrogens is 2. The number of benzene rings is 1. The number of aryl methyl sites for hydroxylation is 1. The summed E-state index contributed by atoms with van der Waals surface area (Å²) in [5.41, 5.74) is 0.253. The number of nitrogens with zero attached hydrogens (tertiary/aromatic N) is 2. The second-order valence-electron chi connectivity index (χ2n) is 6.25. The minimum absolute atomic E-state index is 0.0268. The lowest BCUT2D eigenvalue weighted by molar-refractivity contribution is -0.141. The predicted molar refractivity (Wildman–Crippen MR) is 95.8 cm³/mol. The lowest BCUT2D eigenvalue weighted by Gasteiger charge is -2.21. The number of rotatable bonds is 6. The smallest absolute Gasteiger partial charge is 0.394 e. The van der Waals surface area contributed by atoms with Gasteiger partial charge in [-0.25, -0.2) is 4.98 Å². The zero-order chi connectivity index (χ0) is 19.5. The van der Waals surface area contributed by atoms with Gasteiger partial charge in [-0.05, 0) is 30.5 Å². The van der Waals surface area contributed by atoms with Gasteiger partial charge < -0.3 is 15.7 Å². The number of aliphatic hydroxyl groups excluding tert-OH is 1. The molecule has 0 aliphatic rings. The van der Waals surface area contributed by atoms with Gasteiger partial charge in [0.2, 0.25) is 5.95 Å². The Kier molecular flexibility index (Phi) is 6.30. The van der Waals surface area contributed by atoms with Gasteiger partial charge >= 0.3 is 6.18 Å². The zero-order valence-corrected chi connectivity index (χ0v) is 15.3. The number of hydrogen-bond acceptors (Lipinski definition) is 5. The van der Waals surface area contributed by atoms with E-state index < -0.39 is 17.9 Å². The van der Waals surface area contributed by atoms with Crippen LogP contribution in [0.1, 0.15) is 25.1 Å². The van der Waals surface area contributed by atoms with Gasteiger partial charge in [-0.3, -0.25) is 0 Å². The standard InChI is InChI=1S/C17H20ClF3N4O/c1-9(2)13(8-26)23-16-24-14(17(19,20)21)7-15(25-16)22-12-5-4-10(3)6-11(12)18/h4-7,9,13,26H,8H2,1-3H3,(H2,22,23,24,25)/t13-/m0/s1. The Labute approximate surface area is 154 Å². The van der Waals surface area contributed by atoms with Crippen LogP contribution in [0.4, 0.5) is 30.6 Å². The second kappa shape index (κ2) is 8.09. The number of alkyl halides is 3. The van der Waals surface area contributed by atoms with Crippen molar-refractivity contribution in [2.45, 2.75) is 33.0 Å². The fourth-order valence-corrected chi connectivity index (χ4v) is 2.45. The van der Waals surface area contributed by atoms with E-state index in [2.05, 4.69) is 20.6 Å². The van der Waals surface area contributed by atoms with Crippen LogP contribution in [0.5, 0.6) is 0 Å². The maximum atomic E-state index is 13.2. The first-order valence-electron chi connectivity index (χ1n) is 7.97. The quantitative estimate of drug-likeness (QED) is 0.673. The minimum Gasteiger partial charge on any atom is -0.394 e. The number of anilines is 3. The normalized spacial score (nSPS) is 13.0. The van der Waals surface area contributed by atoms with Crippen molar-refractivity contribution in [3.05, 3.63) is 40.5 Å². The summed E-state index contributed by atoms with van der Waals surface area (Å²) in [6, 6.07) is 5.46. The van der Waals surface area contributed by atoms with Gasteiger partial charge in [0.05, 0.1) is 23.4 Å². The second-order valence-corrected chi connectivity index (χ2v) is 6.65. The molecule has 9 heteroatoms. The van der Waals surface area contributed by atoms with Crippen LogP contribution in [-0.4, -0.2) is 27.7 Å². The average Bonchev–Trinajstić information content (AvgIpc) is 2.54. The third-order valence-electron chi connectivity index (χ3n) is 3.72. The summed E-state index contributed by atoms with van der Waals surface area (Å²) in [6.07, 6.45) is -4.64. The van der Waals surface area contributed by atoms with Gasteiger partial charge in [0.15, 0.2) is 5.69 Å². The predicted octanol–water partition coefficient (Wildman–Crippen LogP) is 4.63. The summed E-state index contributed by atoms with van der Waals surface area (Å²) in [4.78, 5) is 7.59. The highest BCUT2D eigenvalue weighted by atomic mass is 35.5. The highest BCUT2D eigenvalue weighted by molar-refractivity contribution is 6.33. The lowest BCUT2D eigenvalue weighted by Crippen LogP contribution is -2.30. The largest absolute Gasteiger partial charge is 0.433 e. The Bertz CT molecular complexity index is 768. The third-order valence-corrected chi connectivity index (χ3v) is 4.03. The molecule has 0 saturated heterocycles. The van der Waals surface area contributed by atoms with Crippen LogP contribution in [0.25, 0.3) is 0 Å². The van der Waals surface area contributed by atoms with E-state index in [0.717, 1.165) is 11.6 Å². The molecule has 0 amide bonds. The van der Waals surface area contributed by atoms with Gasteiger partial charge in [-0.2, -0.15) is 18.2 Å². The van der Waals surface area contributed by atoms with Crippen LogP contribution < -0.4 is 10.6 Å². The topological polar surface area (TPSA) is 70.1 Å². The van der Waals surface area contributed by atoms with Crippen molar-refractivity contribution in [1.29, 1.82) is 0 Å². The molecular formula is C17H20ClF3N4O. The van der Waals surface area contributed by atoms with E-state index in [-0.39, 0.29) is 24.3 Å². The average molecular weight is 389 g/mol. The van der Waals surface area contributed by atoms with Gasteiger partial charge in [-0.15, -0.1) is 0 Å². The van der Waals surface area contributed by atoms with Crippen molar-refractivity contribution in [1.82, 2.24) is 9.97 Å². The molecule has 1 atom stereocenters. The van der Waals surface area contributed by atoms with Crippen molar-refractivity contribution in [3.8, 4) is 0 Å². The maximum Gasteiger partial charge on any atom is 0.433 e. The first-order chi connectivity index (χ1) is 12.1. The van der Waals surface area contributed by atoms with Crippen molar-refractivity contribution < 1.29 is 18.3 Å². The van der Waals surface area contributed by atoms with Crippen LogP contribution >= 0.6 is 11.6 Å². The number of hydrogen-bond donors (Lipinski definition) is 3. The highest BCUT2D eigenvalue weighted by Gasteiger charge is 2.34. The van der Waals surface area contributed by atoms with Gasteiger partial charge in [0.1, 0.15) is 5.82 Å². The molecule has 0 saturated carbocycles. The molecule has 26 heavy (non-hydrogen) atoms. The van der Waals surface area contributed by atoms with E-state index in [4.69, 9.17) is 11.6 Å². The SMILES string of the molecule is Cc1ccc(Nc2cc(C(F)(F)F)nc(N[C@@H](CO)C(C)C)n2)c(Cl)c1. The molecule has 0 aliphatic heterocycles. The van der Waals surface area contributed by atoms with E-state index in [9.17, 15) is 18.3 Å². The highest BCUT2D eigenvalue weighted by Crippen LogP contribution is 2.32. The number of aliphatic hydroxyl groups is 1. The van der Waals surface area contributed by atoms with E-state index in [1.165, 1.54) is 0 Å². The molecule has 1 aromatic carbocycles. The van der Waals surface area contributed by atoms with E-state index in [1.807, 2.05) is 20.8 Å². The van der Waals surface area contributed by atoms with Crippen molar-refractivity contribution >= 4 is 29.1 Å². The fourth-order valence-electron chi connectivity index (χ4n) is 2.17. The van der Waals surface area contributed by atoms with Gasteiger partial charge in [-0.1, -0.05) is 31.5 Å². The van der Waals surface area contributed by atoms with Gasteiger partial charge in [0, 0.05) is 6.07 Å². The Morgan fingerprint density at radius 1 is 1.19 bits per heavy atom. The van der Waals surface area contributed by atoms with Crippen molar-refractivity contribution in [2.24, 2.45) is 5.92 Å². The summed E-state index contributed by atoms with van der Waals surface area (Å²) in [7, 11) is 0. The number of nitrogens with one attached hydrogen (secondary N) is 2. The fraction of sp³-hybridized carbons (Fsp3) is 0.412. The molecule has 5 nitrogen and oxygen atoms in total. The zero-order valence-electron chi connectivity index (χ0n) is 14.5. The Morgan fingerprint density at radius 3 is 2.42 bits per heavy atom. The third kappa shape index (κ3) is 5.22. The first kappa shape index (κ1) is 20.3. The molecule has 0 unspecified atom stereocenters. The van der Waals surface area contributed by atoms with Crippen LogP contribution in [0.15, 0.2) is 24.3 Å². The molecule has 2 rings (SSSR count).